The predicted octanol–water partition coefficient (Wildman–Crippen LogP) is 3.83. The molecule has 6 heteroatoms. The van der Waals surface area contributed by atoms with Crippen molar-refractivity contribution >= 4 is 11.7 Å². The minimum Gasteiger partial charge on any atom is -0.497 e. The van der Waals surface area contributed by atoms with Crippen LogP contribution in [0.15, 0.2) is 59.7 Å². The van der Waals surface area contributed by atoms with Gasteiger partial charge in [-0.2, -0.15) is 5.10 Å². The van der Waals surface area contributed by atoms with E-state index in [4.69, 9.17) is 15.6 Å². The highest BCUT2D eigenvalue weighted by atomic mass is 16.5. The molecule has 152 valence electrons. The summed E-state index contributed by atoms with van der Waals surface area (Å²) in [5, 5.41) is 9.93. The Kier molecular flexibility index (Phi) is 5.81. The molecule has 2 aliphatic rings. The highest BCUT2D eigenvalue weighted by Gasteiger charge is 2.42. The summed E-state index contributed by atoms with van der Waals surface area (Å²) in [6.07, 6.45) is 6.04. The molecule has 0 bridgehead atoms. The molecule has 0 aromatic heterocycles. The third-order valence-corrected chi connectivity index (χ3v) is 5.86. The van der Waals surface area contributed by atoms with Crippen molar-refractivity contribution in [1.29, 1.82) is 0 Å². The molecule has 0 radical (unpaired) electrons. The van der Waals surface area contributed by atoms with Crippen LogP contribution in [0.4, 0.5) is 4.79 Å². The van der Waals surface area contributed by atoms with Gasteiger partial charge in [-0.3, -0.25) is 0 Å². The van der Waals surface area contributed by atoms with Gasteiger partial charge in [-0.1, -0.05) is 49.6 Å². The predicted molar refractivity (Wildman–Crippen MR) is 114 cm³/mol. The van der Waals surface area contributed by atoms with Crippen LogP contribution in [-0.2, 0) is 0 Å². The summed E-state index contributed by atoms with van der Waals surface area (Å²) < 4.78 is 5.29. The van der Waals surface area contributed by atoms with Crippen molar-refractivity contribution in [3.8, 4) is 5.75 Å². The van der Waals surface area contributed by atoms with E-state index in [0.29, 0.717) is 6.04 Å². The Morgan fingerprint density at radius 2 is 1.76 bits per heavy atom. The van der Waals surface area contributed by atoms with Crippen LogP contribution < -0.4 is 15.8 Å². The largest absolute Gasteiger partial charge is 0.497 e. The molecule has 1 fully saturated rings. The number of ether oxygens (including phenoxy) is 1. The molecule has 3 N–H and O–H groups in total. The van der Waals surface area contributed by atoms with Gasteiger partial charge in [0.1, 0.15) is 11.8 Å². The first-order valence-corrected chi connectivity index (χ1v) is 10.3. The second-order valence-corrected chi connectivity index (χ2v) is 7.73. The molecule has 0 unspecified atom stereocenters. The zero-order valence-corrected chi connectivity index (χ0v) is 16.8. The fraction of sp³-hybridized carbons (Fsp3) is 0.391. The highest BCUT2D eigenvalue weighted by Crippen LogP contribution is 2.34. The van der Waals surface area contributed by atoms with E-state index in [1.807, 2.05) is 54.6 Å². The minimum absolute atomic E-state index is 0.124. The maximum atomic E-state index is 12.3. The van der Waals surface area contributed by atoms with Crippen molar-refractivity contribution < 1.29 is 9.53 Å². The van der Waals surface area contributed by atoms with E-state index in [1.54, 1.807) is 7.11 Å². The third-order valence-electron chi connectivity index (χ3n) is 5.86. The lowest BCUT2D eigenvalue weighted by Gasteiger charge is -2.32. The van der Waals surface area contributed by atoms with E-state index >= 15 is 0 Å². The number of nitrogens with zero attached hydrogens (tertiary/aromatic N) is 2. The van der Waals surface area contributed by atoms with Gasteiger partial charge in [0.05, 0.1) is 18.9 Å². The number of benzene rings is 2. The number of rotatable bonds is 5. The molecule has 2 aromatic rings. The molecule has 2 amide bonds. The monoisotopic (exact) mass is 392 g/mol. The number of hydrogen-bond donors (Lipinski definition) is 2. The lowest BCUT2D eigenvalue weighted by Crippen LogP contribution is -2.48. The molecule has 1 saturated carbocycles. The molecular formula is C23H28N4O2. The van der Waals surface area contributed by atoms with Gasteiger partial charge in [-0.15, -0.1) is 0 Å². The Bertz CT molecular complexity index is 860. The average molecular weight is 393 g/mol. The van der Waals surface area contributed by atoms with E-state index in [0.717, 1.165) is 35.4 Å². The van der Waals surface area contributed by atoms with E-state index in [2.05, 4.69) is 5.32 Å². The quantitative estimate of drug-likeness (QED) is 0.812. The number of urea groups is 1. The van der Waals surface area contributed by atoms with Crippen LogP contribution in [0.3, 0.4) is 0 Å². The molecule has 1 aliphatic carbocycles. The molecule has 0 saturated heterocycles. The molecule has 1 heterocycles. The fourth-order valence-corrected chi connectivity index (χ4v) is 4.39. The molecular weight excluding hydrogens is 364 g/mol. The van der Waals surface area contributed by atoms with Crippen LogP contribution in [0.5, 0.6) is 5.75 Å². The SMILES string of the molecule is COc1ccc(C2=NN(C(N)=O)[C@H](c3ccccc3)[C@H]2NC2CCCCC2)cc1. The smallest absolute Gasteiger partial charge is 0.335 e. The summed E-state index contributed by atoms with van der Waals surface area (Å²) in [6.45, 7) is 0. The Morgan fingerprint density at radius 1 is 1.07 bits per heavy atom. The fourth-order valence-electron chi connectivity index (χ4n) is 4.39. The van der Waals surface area contributed by atoms with Crippen LogP contribution in [0.2, 0.25) is 0 Å². The molecule has 2 aromatic carbocycles. The third kappa shape index (κ3) is 4.12. The first-order chi connectivity index (χ1) is 14.2. The average Bonchev–Trinajstić information content (AvgIpc) is 3.14. The number of nitrogens with one attached hydrogen (secondary N) is 1. The van der Waals surface area contributed by atoms with Crippen LogP contribution >= 0.6 is 0 Å². The summed E-state index contributed by atoms with van der Waals surface area (Å²) >= 11 is 0. The maximum Gasteiger partial charge on any atom is 0.335 e. The van der Waals surface area contributed by atoms with Gasteiger partial charge in [0.25, 0.3) is 0 Å². The van der Waals surface area contributed by atoms with Gasteiger partial charge in [-0.25, -0.2) is 9.80 Å². The molecule has 2 atom stereocenters. The van der Waals surface area contributed by atoms with Crippen LogP contribution in [0.1, 0.15) is 49.3 Å². The Balaban J connectivity index is 1.73. The number of hydrogen-bond acceptors (Lipinski definition) is 4. The lowest BCUT2D eigenvalue weighted by atomic mass is 9.89. The number of primary amides is 1. The zero-order chi connectivity index (χ0) is 20.2. The minimum atomic E-state index is -0.544. The number of amides is 2. The van der Waals surface area contributed by atoms with E-state index in [1.165, 1.54) is 24.3 Å². The number of carbonyl (C=O) groups is 1. The summed E-state index contributed by atoms with van der Waals surface area (Å²) in [5.41, 5.74) is 8.56. The van der Waals surface area contributed by atoms with Gasteiger partial charge >= 0.3 is 6.03 Å². The van der Waals surface area contributed by atoms with Crippen molar-refractivity contribution in [2.75, 3.05) is 7.11 Å². The van der Waals surface area contributed by atoms with Gasteiger partial charge in [0, 0.05) is 6.04 Å². The summed E-state index contributed by atoms with van der Waals surface area (Å²) in [4.78, 5) is 12.3. The zero-order valence-electron chi connectivity index (χ0n) is 16.8. The van der Waals surface area contributed by atoms with Gasteiger partial charge in [0.2, 0.25) is 0 Å². The molecule has 4 rings (SSSR count). The van der Waals surface area contributed by atoms with Gasteiger partial charge in [0.15, 0.2) is 0 Å². The molecule has 6 nitrogen and oxygen atoms in total. The number of hydrazone groups is 1. The highest BCUT2D eigenvalue weighted by molar-refractivity contribution is 6.07. The first kappa shape index (κ1) is 19.5. The summed E-state index contributed by atoms with van der Waals surface area (Å²) in [6, 6.07) is 17.3. The van der Waals surface area contributed by atoms with Crippen LogP contribution in [-0.4, -0.2) is 35.9 Å². The van der Waals surface area contributed by atoms with Crippen LogP contribution in [0, 0.1) is 0 Å². The Labute approximate surface area is 171 Å². The maximum absolute atomic E-state index is 12.3. The Hall–Kier alpha value is -2.86. The van der Waals surface area contributed by atoms with E-state index < -0.39 is 6.03 Å². The number of nitrogens with two attached hydrogens (primary N) is 1. The topological polar surface area (TPSA) is 79.9 Å². The van der Waals surface area contributed by atoms with Crippen molar-refractivity contribution in [2.45, 2.75) is 50.2 Å². The van der Waals surface area contributed by atoms with Crippen molar-refractivity contribution in [2.24, 2.45) is 10.8 Å². The normalized spacial score (nSPS) is 22.4. The van der Waals surface area contributed by atoms with Crippen molar-refractivity contribution in [3.63, 3.8) is 0 Å². The number of carbonyl (C=O) groups excluding carboxylic acids is 1. The van der Waals surface area contributed by atoms with Crippen molar-refractivity contribution in [3.05, 3.63) is 65.7 Å². The van der Waals surface area contributed by atoms with Gasteiger partial charge in [-0.05, 0) is 48.2 Å². The van der Waals surface area contributed by atoms with E-state index in [-0.39, 0.29) is 12.1 Å². The van der Waals surface area contributed by atoms with Gasteiger partial charge < -0.3 is 15.8 Å². The Morgan fingerprint density at radius 3 is 2.38 bits per heavy atom. The standard InChI is InChI=1S/C23H28N4O2/c1-29-19-14-12-16(13-15-19)20-21(25-18-10-6-3-7-11-18)22(27(26-20)23(24)28)17-8-4-2-5-9-17/h2,4-5,8-9,12-15,18,21-22,25H,3,6-7,10-11H2,1H3,(H2,24,28)/t21-,22+/m0/s1. The van der Waals surface area contributed by atoms with Crippen molar-refractivity contribution in [1.82, 2.24) is 10.3 Å². The van der Waals surface area contributed by atoms with E-state index in [9.17, 15) is 4.79 Å². The number of methoxy groups -OCH3 is 1. The second-order valence-electron chi connectivity index (χ2n) is 7.73. The van der Waals surface area contributed by atoms with Crippen LogP contribution in [0.25, 0.3) is 0 Å². The lowest BCUT2D eigenvalue weighted by molar-refractivity contribution is 0.185. The molecule has 29 heavy (non-hydrogen) atoms. The first-order valence-electron chi connectivity index (χ1n) is 10.3. The molecule has 0 spiro atoms. The summed E-state index contributed by atoms with van der Waals surface area (Å²) in [7, 11) is 1.65. The summed E-state index contributed by atoms with van der Waals surface area (Å²) in [5.74, 6) is 0.788. The molecule has 1 aliphatic heterocycles. The second kappa shape index (κ2) is 8.66.